The van der Waals surface area contributed by atoms with Gasteiger partial charge in [-0.05, 0) is 86.6 Å². The van der Waals surface area contributed by atoms with Crippen molar-refractivity contribution in [3.63, 3.8) is 0 Å². The van der Waals surface area contributed by atoms with Gasteiger partial charge in [-0.15, -0.1) is 0 Å². The third kappa shape index (κ3) is 7.17. The van der Waals surface area contributed by atoms with Crippen molar-refractivity contribution in [2.45, 2.75) is 39.3 Å². The van der Waals surface area contributed by atoms with Gasteiger partial charge < -0.3 is 20.3 Å². The molecule has 6 heteroatoms. The molecule has 1 heterocycles. The highest BCUT2D eigenvalue weighted by Gasteiger charge is 2.38. The number of benzene rings is 3. The maximum absolute atomic E-state index is 13.0. The van der Waals surface area contributed by atoms with Crippen molar-refractivity contribution in [1.82, 2.24) is 4.90 Å². The van der Waals surface area contributed by atoms with Crippen molar-refractivity contribution in [2.24, 2.45) is 11.8 Å². The van der Waals surface area contributed by atoms with Crippen LogP contribution in [-0.4, -0.2) is 36.2 Å². The molecule has 36 heavy (non-hydrogen) atoms. The zero-order valence-electron chi connectivity index (χ0n) is 21.4. The van der Waals surface area contributed by atoms with Crippen LogP contribution in [0.25, 0.3) is 0 Å². The van der Waals surface area contributed by atoms with Crippen LogP contribution >= 0.6 is 11.6 Å². The second-order valence-corrected chi connectivity index (χ2v) is 11.1. The number of rotatable bonds is 7. The molecule has 1 fully saturated rings. The lowest BCUT2D eigenvalue weighted by Crippen LogP contribution is -2.36. The number of halogens is 1. The molecule has 1 saturated heterocycles. The first-order valence-corrected chi connectivity index (χ1v) is 12.9. The standard InChI is InChI=1S/C30H36ClN3O2/c1-30(2,3)36-29(35)34-19-24(16-22-8-5-4-6-9-22)25(21-34)20-33(28-14-12-26(31)13-15-28)18-23-10-7-11-27(32)17-23/h4-15,17,24-25H,16,18-21,32H2,1-3H3. The molecule has 4 rings (SSSR count). The van der Waals surface area contributed by atoms with Crippen molar-refractivity contribution in [3.8, 4) is 0 Å². The van der Waals surface area contributed by atoms with Gasteiger partial charge in [0, 0.05) is 42.6 Å². The van der Waals surface area contributed by atoms with Gasteiger partial charge in [-0.25, -0.2) is 4.79 Å². The number of hydrogen-bond donors (Lipinski definition) is 1. The minimum absolute atomic E-state index is 0.239. The summed E-state index contributed by atoms with van der Waals surface area (Å²) in [6.45, 7) is 8.59. The molecule has 190 valence electrons. The van der Waals surface area contributed by atoms with E-state index in [9.17, 15) is 4.79 Å². The van der Waals surface area contributed by atoms with E-state index in [0.29, 0.717) is 30.6 Å². The molecule has 5 nitrogen and oxygen atoms in total. The zero-order chi connectivity index (χ0) is 25.7. The number of nitrogens with two attached hydrogens (primary N) is 1. The molecule has 3 aromatic carbocycles. The van der Waals surface area contributed by atoms with E-state index >= 15 is 0 Å². The molecular weight excluding hydrogens is 470 g/mol. The quantitative estimate of drug-likeness (QED) is 0.365. The average molecular weight is 506 g/mol. The summed E-state index contributed by atoms with van der Waals surface area (Å²) in [6.07, 6.45) is 0.675. The second kappa shape index (κ2) is 11.3. The van der Waals surface area contributed by atoms with E-state index in [1.165, 1.54) is 5.56 Å². The first kappa shape index (κ1) is 25.9. The average Bonchev–Trinajstić information content (AvgIpc) is 3.21. The number of amides is 1. The van der Waals surface area contributed by atoms with Crippen LogP contribution in [0.15, 0.2) is 78.9 Å². The lowest BCUT2D eigenvalue weighted by molar-refractivity contribution is 0.0284. The highest BCUT2D eigenvalue weighted by molar-refractivity contribution is 6.30. The fraction of sp³-hybridized carbons (Fsp3) is 0.367. The topological polar surface area (TPSA) is 58.8 Å². The Labute approximate surface area is 219 Å². The third-order valence-electron chi connectivity index (χ3n) is 6.54. The number of nitrogens with zero attached hydrogens (tertiary/aromatic N) is 2. The first-order chi connectivity index (χ1) is 17.2. The van der Waals surface area contributed by atoms with Crippen molar-refractivity contribution < 1.29 is 9.53 Å². The molecule has 0 saturated carbocycles. The normalized spacial score (nSPS) is 17.7. The second-order valence-electron chi connectivity index (χ2n) is 10.7. The lowest BCUT2D eigenvalue weighted by Gasteiger charge is -2.30. The summed E-state index contributed by atoms with van der Waals surface area (Å²) in [7, 11) is 0. The predicted molar refractivity (Wildman–Crippen MR) is 148 cm³/mol. The Morgan fingerprint density at radius 1 is 0.972 bits per heavy atom. The van der Waals surface area contributed by atoms with E-state index in [1.807, 2.05) is 62.1 Å². The molecule has 3 aromatic rings. The van der Waals surface area contributed by atoms with E-state index < -0.39 is 5.60 Å². The van der Waals surface area contributed by atoms with Gasteiger partial charge >= 0.3 is 6.09 Å². The number of ether oxygens (including phenoxy) is 1. The monoisotopic (exact) mass is 505 g/mol. The SMILES string of the molecule is CC(C)(C)OC(=O)N1CC(Cc2ccccc2)C(CN(Cc2cccc(N)c2)c2ccc(Cl)cc2)C1. The first-order valence-electron chi connectivity index (χ1n) is 12.5. The number of carbonyl (C=O) groups excluding carboxylic acids is 1. The van der Waals surface area contributed by atoms with Gasteiger partial charge in [-0.2, -0.15) is 0 Å². The maximum Gasteiger partial charge on any atom is 0.410 e. The van der Waals surface area contributed by atoms with Crippen molar-refractivity contribution in [1.29, 1.82) is 0 Å². The lowest BCUT2D eigenvalue weighted by atomic mass is 9.89. The maximum atomic E-state index is 13.0. The van der Waals surface area contributed by atoms with Crippen LogP contribution in [0.4, 0.5) is 16.2 Å². The number of likely N-dealkylation sites (tertiary alicyclic amines) is 1. The summed E-state index contributed by atoms with van der Waals surface area (Å²) in [6, 6.07) is 26.5. The predicted octanol–water partition coefficient (Wildman–Crippen LogP) is 6.65. The molecule has 2 atom stereocenters. The van der Waals surface area contributed by atoms with Crippen molar-refractivity contribution in [3.05, 3.63) is 95.0 Å². The van der Waals surface area contributed by atoms with Crippen LogP contribution in [0.3, 0.4) is 0 Å². The van der Waals surface area contributed by atoms with Gasteiger partial charge in [0.05, 0.1) is 0 Å². The molecule has 1 aliphatic rings. The highest BCUT2D eigenvalue weighted by atomic mass is 35.5. The van der Waals surface area contributed by atoms with Gasteiger partial charge in [0.2, 0.25) is 0 Å². The fourth-order valence-corrected chi connectivity index (χ4v) is 5.00. The molecule has 0 radical (unpaired) electrons. The molecule has 0 aromatic heterocycles. The summed E-state index contributed by atoms with van der Waals surface area (Å²) in [5, 5.41) is 0.710. The Morgan fingerprint density at radius 3 is 2.31 bits per heavy atom. The summed E-state index contributed by atoms with van der Waals surface area (Å²) in [5.74, 6) is 0.588. The van der Waals surface area contributed by atoms with Gasteiger partial charge in [-0.3, -0.25) is 0 Å². The Bertz CT molecular complexity index is 1140. The minimum Gasteiger partial charge on any atom is -0.444 e. The Hall–Kier alpha value is -3.18. The number of nitrogen functional groups attached to an aromatic ring is 1. The molecule has 0 spiro atoms. The smallest absolute Gasteiger partial charge is 0.410 e. The number of hydrogen-bond acceptors (Lipinski definition) is 4. The van der Waals surface area contributed by atoms with Crippen LogP contribution in [0.1, 0.15) is 31.9 Å². The summed E-state index contributed by atoms with van der Waals surface area (Å²) in [5.41, 5.74) is 9.83. The highest BCUT2D eigenvalue weighted by Crippen LogP contribution is 2.31. The summed E-state index contributed by atoms with van der Waals surface area (Å²) in [4.78, 5) is 17.2. The van der Waals surface area contributed by atoms with E-state index in [0.717, 1.165) is 29.9 Å². The summed E-state index contributed by atoms with van der Waals surface area (Å²) < 4.78 is 5.72. The van der Waals surface area contributed by atoms with Crippen molar-refractivity contribution >= 4 is 29.1 Å². The van der Waals surface area contributed by atoms with Crippen LogP contribution < -0.4 is 10.6 Å². The number of anilines is 2. The summed E-state index contributed by atoms with van der Waals surface area (Å²) >= 11 is 6.19. The van der Waals surface area contributed by atoms with Gasteiger partial charge in [0.1, 0.15) is 5.60 Å². The zero-order valence-corrected chi connectivity index (χ0v) is 22.1. The van der Waals surface area contributed by atoms with Gasteiger partial charge in [0.15, 0.2) is 0 Å². The largest absolute Gasteiger partial charge is 0.444 e. The van der Waals surface area contributed by atoms with E-state index in [2.05, 4.69) is 47.4 Å². The van der Waals surface area contributed by atoms with E-state index in [1.54, 1.807) is 0 Å². The van der Waals surface area contributed by atoms with Crippen LogP contribution in [-0.2, 0) is 17.7 Å². The Morgan fingerprint density at radius 2 is 1.64 bits per heavy atom. The minimum atomic E-state index is -0.521. The number of carbonyl (C=O) groups is 1. The van der Waals surface area contributed by atoms with Crippen LogP contribution in [0.2, 0.25) is 5.02 Å². The van der Waals surface area contributed by atoms with E-state index in [4.69, 9.17) is 22.1 Å². The van der Waals surface area contributed by atoms with Gasteiger partial charge in [0.25, 0.3) is 0 Å². The van der Waals surface area contributed by atoms with Crippen LogP contribution in [0, 0.1) is 11.8 Å². The molecule has 1 amide bonds. The molecule has 2 unspecified atom stereocenters. The van der Waals surface area contributed by atoms with E-state index in [-0.39, 0.29) is 12.0 Å². The third-order valence-corrected chi connectivity index (χ3v) is 6.79. The molecule has 0 aliphatic carbocycles. The molecule has 2 N–H and O–H groups in total. The molecule has 0 bridgehead atoms. The van der Waals surface area contributed by atoms with Gasteiger partial charge in [-0.1, -0.05) is 54.1 Å². The van der Waals surface area contributed by atoms with Crippen molar-refractivity contribution in [2.75, 3.05) is 30.3 Å². The Balaban J connectivity index is 1.59. The molecular formula is C30H36ClN3O2. The van der Waals surface area contributed by atoms with Crippen LogP contribution in [0.5, 0.6) is 0 Å². The molecule has 1 aliphatic heterocycles. The Kier molecular flexibility index (Phi) is 8.10. The fourth-order valence-electron chi connectivity index (χ4n) is 4.88.